The molecule has 0 aliphatic rings. The van der Waals surface area contributed by atoms with E-state index in [2.05, 4.69) is 15.3 Å². The predicted molar refractivity (Wildman–Crippen MR) is 104 cm³/mol. The van der Waals surface area contributed by atoms with Crippen LogP contribution in [-0.2, 0) is 5.75 Å². The van der Waals surface area contributed by atoms with Crippen molar-refractivity contribution in [1.82, 2.24) is 9.97 Å². The third kappa shape index (κ3) is 4.74. The van der Waals surface area contributed by atoms with E-state index in [1.165, 1.54) is 11.8 Å². The standard InChI is InChI=1S/C19H16ClN3O2S/c1-12-10-17(22-16-5-3-2-4-15(16)18(24)25)23-19(21-12)26-11-13-6-8-14(20)9-7-13/h2-10H,11H2,1H3,(H,24,25)(H,21,22,23). The number of aromatic carboxylic acids is 1. The van der Waals surface area contributed by atoms with Gasteiger partial charge in [0.2, 0.25) is 0 Å². The molecular weight excluding hydrogens is 370 g/mol. The maximum absolute atomic E-state index is 11.3. The molecule has 0 atom stereocenters. The minimum atomic E-state index is -0.990. The number of thioether (sulfide) groups is 1. The lowest BCUT2D eigenvalue weighted by atomic mass is 10.2. The molecule has 0 unspecified atom stereocenters. The summed E-state index contributed by atoms with van der Waals surface area (Å²) in [5.41, 5.74) is 2.61. The maximum atomic E-state index is 11.3. The summed E-state index contributed by atoms with van der Waals surface area (Å²) in [6, 6.07) is 16.1. The number of nitrogens with zero attached hydrogens (tertiary/aromatic N) is 2. The maximum Gasteiger partial charge on any atom is 0.337 e. The highest BCUT2D eigenvalue weighted by molar-refractivity contribution is 7.98. The largest absolute Gasteiger partial charge is 0.478 e. The number of hydrogen-bond donors (Lipinski definition) is 2. The monoisotopic (exact) mass is 385 g/mol. The van der Waals surface area contributed by atoms with Crippen LogP contribution in [0.15, 0.2) is 59.8 Å². The molecule has 0 amide bonds. The molecule has 3 aromatic rings. The molecule has 7 heteroatoms. The molecular formula is C19H16ClN3O2S. The molecule has 0 fully saturated rings. The van der Waals surface area contributed by atoms with Crippen LogP contribution < -0.4 is 5.32 Å². The second-order valence-electron chi connectivity index (χ2n) is 5.57. The van der Waals surface area contributed by atoms with Crippen LogP contribution in [0.4, 0.5) is 11.5 Å². The highest BCUT2D eigenvalue weighted by Crippen LogP contribution is 2.25. The van der Waals surface area contributed by atoms with Crippen LogP contribution in [0.1, 0.15) is 21.6 Å². The van der Waals surface area contributed by atoms with E-state index in [4.69, 9.17) is 11.6 Å². The molecule has 1 heterocycles. The first-order chi connectivity index (χ1) is 12.5. The lowest BCUT2D eigenvalue weighted by Crippen LogP contribution is -2.04. The van der Waals surface area contributed by atoms with Gasteiger partial charge < -0.3 is 10.4 Å². The van der Waals surface area contributed by atoms with Crippen LogP contribution in [0.5, 0.6) is 0 Å². The van der Waals surface area contributed by atoms with Crippen LogP contribution in [0.3, 0.4) is 0 Å². The van der Waals surface area contributed by atoms with Gasteiger partial charge in [0.15, 0.2) is 5.16 Å². The van der Waals surface area contributed by atoms with Crippen molar-refractivity contribution in [3.8, 4) is 0 Å². The third-order valence-electron chi connectivity index (χ3n) is 3.54. The topological polar surface area (TPSA) is 75.1 Å². The summed E-state index contributed by atoms with van der Waals surface area (Å²) in [5, 5.41) is 13.7. The zero-order chi connectivity index (χ0) is 18.5. The van der Waals surface area contributed by atoms with Crippen molar-refractivity contribution >= 4 is 40.8 Å². The van der Waals surface area contributed by atoms with E-state index >= 15 is 0 Å². The third-order valence-corrected chi connectivity index (χ3v) is 4.71. The first-order valence-electron chi connectivity index (χ1n) is 7.83. The van der Waals surface area contributed by atoms with Gasteiger partial charge in [-0.1, -0.05) is 47.6 Å². The fraction of sp³-hybridized carbons (Fsp3) is 0.105. The van der Waals surface area contributed by atoms with Crippen LogP contribution in [0, 0.1) is 6.92 Å². The number of carbonyl (C=O) groups is 1. The Morgan fingerprint density at radius 3 is 2.62 bits per heavy atom. The Kier molecular flexibility index (Phi) is 5.75. The quantitative estimate of drug-likeness (QED) is 0.450. The molecule has 0 bridgehead atoms. The fourth-order valence-corrected chi connectivity index (χ4v) is 3.30. The van der Waals surface area contributed by atoms with Gasteiger partial charge in [-0.3, -0.25) is 0 Å². The van der Waals surface area contributed by atoms with E-state index in [0.717, 1.165) is 11.3 Å². The van der Waals surface area contributed by atoms with Crippen molar-refractivity contribution in [3.05, 3.63) is 76.4 Å². The average molecular weight is 386 g/mol. The van der Waals surface area contributed by atoms with Gasteiger partial charge in [0.25, 0.3) is 0 Å². The number of rotatable bonds is 6. The minimum Gasteiger partial charge on any atom is -0.478 e. The molecule has 1 aromatic heterocycles. The number of hydrogen-bond acceptors (Lipinski definition) is 5. The number of carboxylic acids is 1. The first-order valence-corrected chi connectivity index (χ1v) is 9.20. The van der Waals surface area contributed by atoms with Crippen molar-refractivity contribution in [2.75, 3.05) is 5.32 Å². The Bertz CT molecular complexity index is 932. The summed E-state index contributed by atoms with van der Waals surface area (Å²) in [7, 11) is 0. The van der Waals surface area contributed by atoms with Crippen molar-refractivity contribution < 1.29 is 9.90 Å². The summed E-state index contributed by atoms with van der Waals surface area (Å²) in [6.45, 7) is 1.88. The highest BCUT2D eigenvalue weighted by Gasteiger charge is 2.11. The summed E-state index contributed by atoms with van der Waals surface area (Å²) < 4.78 is 0. The van der Waals surface area contributed by atoms with E-state index in [1.54, 1.807) is 30.3 Å². The van der Waals surface area contributed by atoms with E-state index in [9.17, 15) is 9.90 Å². The molecule has 3 rings (SSSR count). The van der Waals surface area contributed by atoms with Gasteiger partial charge in [-0.2, -0.15) is 0 Å². The smallest absolute Gasteiger partial charge is 0.337 e. The Balaban J connectivity index is 1.77. The summed E-state index contributed by atoms with van der Waals surface area (Å²) in [5.74, 6) is 0.284. The van der Waals surface area contributed by atoms with Crippen LogP contribution in [0.25, 0.3) is 0 Å². The number of aryl methyl sites for hydroxylation is 1. The average Bonchev–Trinajstić information content (AvgIpc) is 2.61. The zero-order valence-electron chi connectivity index (χ0n) is 13.9. The molecule has 0 aliphatic carbocycles. The summed E-state index contributed by atoms with van der Waals surface area (Å²) >= 11 is 7.41. The number of aromatic nitrogens is 2. The Morgan fingerprint density at radius 1 is 1.15 bits per heavy atom. The molecule has 0 radical (unpaired) electrons. The van der Waals surface area contributed by atoms with Crippen molar-refractivity contribution in [2.45, 2.75) is 17.8 Å². The lowest BCUT2D eigenvalue weighted by molar-refractivity contribution is 0.0698. The van der Waals surface area contributed by atoms with Crippen LogP contribution in [-0.4, -0.2) is 21.0 Å². The molecule has 0 spiro atoms. The van der Waals surface area contributed by atoms with E-state index < -0.39 is 5.97 Å². The first kappa shape index (κ1) is 18.2. The SMILES string of the molecule is Cc1cc(Nc2ccccc2C(=O)O)nc(SCc2ccc(Cl)cc2)n1. The van der Waals surface area contributed by atoms with Gasteiger partial charge >= 0.3 is 5.97 Å². The predicted octanol–water partition coefficient (Wildman–Crippen LogP) is 5.17. The normalized spacial score (nSPS) is 10.5. The number of benzene rings is 2. The number of nitrogens with one attached hydrogen (secondary N) is 1. The second kappa shape index (κ2) is 8.21. The van der Waals surface area contributed by atoms with Gasteiger partial charge in [0, 0.05) is 22.5 Å². The molecule has 132 valence electrons. The van der Waals surface area contributed by atoms with Crippen LogP contribution in [0.2, 0.25) is 5.02 Å². The van der Waals surface area contributed by atoms with E-state index in [1.807, 2.05) is 31.2 Å². The van der Waals surface area contributed by atoms with E-state index in [0.29, 0.717) is 27.4 Å². The minimum absolute atomic E-state index is 0.194. The molecule has 2 N–H and O–H groups in total. The zero-order valence-corrected chi connectivity index (χ0v) is 15.5. The summed E-state index contributed by atoms with van der Waals surface area (Å²) in [6.07, 6.45) is 0. The van der Waals surface area contributed by atoms with Crippen molar-refractivity contribution in [1.29, 1.82) is 0 Å². The Hall–Kier alpha value is -2.57. The molecule has 0 aliphatic heterocycles. The number of carboxylic acid groups (broad SMARTS) is 1. The molecule has 0 saturated heterocycles. The lowest BCUT2D eigenvalue weighted by Gasteiger charge is -2.10. The summed E-state index contributed by atoms with van der Waals surface area (Å²) in [4.78, 5) is 20.3. The van der Waals surface area contributed by atoms with Crippen molar-refractivity contribution in [2.24, 2.45) is 0 Å². The molecule has 0 saturated carbocycles. The second-order valence-corrected chi connectivity index (χ2v) is 6.95. The molecule has 26 heavy (non-hydrogen) atoms. The van der Waals surface area contributed by atoms with Gasteiger partial charge in [0.05, 0.1) is 11.3 Å². The van der Waals surface area contributed by atoms with Gasteiger partial charge in [0.1, 0.15) is 5.82 Å². The van der Waals surface area contributed by atoms with Gasteiger partial charge in [-0.25, -0.2) is 14.8 Å². The highest BCUT2D eigenvalue weighted by atomic mass is 35.5. The molecule has 5 nitrogen and oxygen atoms in total. The van der Waals surface area contributed by atoms with Gasteiger partial charge in [-0.15, -0.1) is 0 Å². The Morgan fingerprint density at radius 2 is 1.88 bits per heavy atom. The fourth-order valence-electron chi connectivity index (χ4n) is 2.32. The van der Waals surface area contributed by atoms with Gasteiger partial charge in [-0.05, 0) is 36.8 Å². The van der Waals surface area contributed by atoms with Crippen LogP contribution >= 0.6 is 23.4 Å². The Labute approximate surface area is 160 Å². The number of para-hydroxylation sites is 1. The van der Waals surface area contributed by atoms with Crippen molar-refractivity contribution in [3.63, 3.8) is 0 Å². The number of halogens is 1. The number of anilines is 2. The van der Waals surface area contributed by atoms with E-state index in [-0.39, 0.29) is 5.56 Å². The molecule has 2 aromatic carbocycles.